The third kappa shape index (κ3) is 3.11. The maximum Gasteiger partial charge on any atom is 0.308 e. The summed E-state index contributed by atoms with van der Waals surface area (Å²) in [6.45, 7) is 3.97. The third-order valence-electron chi connectivity index (χ3n) is 5.20. The monoisotopic (exact) mass is 399 g/mol. The number of amides is 1. The number of pyridine rings is 1. The summed E-state index contributed by atoms with van der Waals surface area (Å²) in [4.78, 5) is 31.0. The van der Waals surface area contributed by atoms with E-state index in [0.29, 0.717) is 39.6 Å². The highest BCUT2D eigenvalue weighted by atomic mass is 35.5. The molecule has 0 aliphatic carbocycles. The van der Waals surface area contributed by atoms with Crippen molar-refractivity contribution in [3.8, 4) is 0 Å². The van der Waals surface area contributed by atoms with Crippen molar-refractivity contribution in [2.45, 2.75) is 19.8 Å². The highest BCUT2D eigenvalue weighted by molar-refractivity contribution is 6.30. The topological polar surface area (TPSA) is 96.5 Å². The number of carbonyl (C=O) groups is 2. The van der Waals surface area contributed by atoms with Crippen LogP contribution < -0.4 is 0 Å². The molecule has 0 unspecified atom stereocenters. The number of rotatable bonds is 3. The Kier molecular flexibility index (Phi) is 4.55. The van der Waals surface area contributed by atoms with Crippen LogP contribution in [0.2, 0.25) is 5.02 Å². The van der Waals surface area contributed by atoms with Crippen molar-refractivity contribution in [1.29, 1.82) is 0 Å². The van der Waals surface area contributed by atoms with Crippen LogP contribution in [0.5, 0.6) is 0 Å². The number of carboxylic acid groups (broad SMARTS) is 1. The van der Waals surface area contributed by atoms with Crippen LogP contribution in [0.1, 0.15) is 33.2 Å². The van der Waals surface area contributed by atoms with Gasteiger partial charge in [-0.3, -0.25) is 9.59 Å². The summed E-state index contributed by atoms with van der Waals surface area (Å²) in [6, 6.07) is 8.79. The van der Waals surface area contributed by atoms with Crippen molar-refractivity contribution in [2.75, 3.05) is 13.1 Å². The molecule has 0 radical (unpaired) electrons. The minimum absolute atomic E-state index is 0.134. The molecule has 4 rings (SSSR count). The predicted octanol–water partition coefficient (Wildman–Crippen LogP) is 3.43. The normalized spacial score (nSPS) is 19.3. The van der Waals surface area contributed by atoms with Crippen molar-refractivity contribution < 1.29 is 19.2 Å². The van der Waals surface area contributed by atoms with Gasteiger partial charge in [-0.2, -0.15) is 0 Å². The number of benzene rings is 1. The smallest absolute Gasteiger partial charge is 0.308 e. The number of likely N-dealkylation sites (tertiary alicyclic amines) is 1. The molecule has 3 aromatic rings. The van der Waals surface area contributed by atoms with Crippen molar-refractivity contribution in [2.24, 2.45) is 5.92 Å². The van der Waals surface area contributed by atoms with Crippen LogP contribution in [0.3, 0.4) is 0 Å². The first-order valence-electron chi connectivity index (χ1n) is 8.86. The van der Waals surface area contributed by atoms with Gasteiger partial charge in [-0.15, -0.1) is 0 Å². The van der Waals surface area contributed by atoms with E-state index in [-0.39, 0.29) is 18.4 Å². The van der Waals surface area contributed by atoms with E-state index in [9.17, 15) is 14.7 Å². The van der Waals surface area contributed by atoms with E-state index in [1.54, 1.807) is 36.9 Å². The van der Waals surface area contributed by atoms with E-state index < -0.39 is 11.9 Å². The number of aliphatic carboxylic acids is 1. The number of aryl methyl sites for hydroxylation is 2. The van der Waals surface area contributed by atoms with E-state index in [2.05, 4.69) is 10.1 Å². The Morgan fingerprint density at radius 1 is 1.21 bits per heavy atom. The summed E-state index contributed by atoms with van der Waals surface area (Å²) in [5.41, 5.74) is 2.81. The van der Waals surface area contributed by atoms with Gasteiger partial charge in [0.25, 0.3) is 11.6 Å². The first kappa shape index (κ1) is 18.4. The summed E-state index contributed by atoms with van der Waals surface area (Å²) < 4.78 is 5.21. The molecule has 1 N–H and O–H groups in total. The van der Waals surface area contributed by atoms with Gasteiger partial charge in [0.2, 0.25) is 0 Å². The number of carboxylic acids is 1. The average molecular weight is 400 g/mol. The Labute approximate surface area is 165 Å². The number of halogens is 1. The molecule has 1 aliphatic rings. The summed E-state index contributed by atoms with van der Waals surface area (Å²) in [7, 11) is 0. The molecule has 1 saturated heterocycles. The van der Waals surface area contributed by atoms with Crippen molar-refractivity contribution >= 4 is 34.6 Å². The highest BCUT2D eigenvalue weighted by Gasteiger charge is 2.41. The fraction of sp³-hybridized carbons (Fsp3) is 0.300. The molecule has 1 aromatic carbocycles. The second-order valence-corrected chi connectivity index (χ2v) is 7.51. The van der Waals surface area contributed by atoms with Crippen LogP contribution in [-0.2, 0) is 4.79 Å². The lowest BCUT2D eigenvalue weighted by Crippen LogP contribution is -2.30. The fourth-order valence-electron chi connectivity index (χ4n) is 3.82. The minimum Gasteiger partial charge on any atom is -0.481 e. The van der Waals surface area contributed by atoms with Crippen LogP contribution in [0.15, 0.2) is 34.9 Å². The lowest BCUT2D eigenvalue weighted by atomic mass is 9.89. The zero-order valence-electron chi connectivity index (χ0n) is 15.3. The molecule has 1 aliphatic heterocycles. The molecular weight excluding hydrogens is 382 g/mol. The highest BCUT2D eigenvalue weighted by Crippen LogP contribution is 2.35. The van der Waals surface area contributed by atoms with Gasteiger partial charge in [0.15, 0.2) is 0 Å². The number of hydrogen-bond donors (Lipinski definition) is 1. The van der Waals surface area contributed by atoms with E-state index in [0.717, 1.165) is 5.56 Å². The summed E-state index contributed by atoms with van der Waals surface area (Å²) >= 11 is 5.95. The predicted molar refractivity (Wildman–Crippen MR) is 103 cm³/mol. The van der Waals surface area contributed by atoms with Gasteiger partial charge in [-0.1, -0.05) is 28.9 Å². The van der Waals surface area contributed by atoms with Crippen molar-refractivity contribution in [3.05, 3.63) is 57.9 Å². The molecule has 144 valence electrons. The molecule has 7 nitrogen and oxygen atoms in total. The Bertz CT molecular complexity index is 1080. The van der Waals surface area contributed by atoms with Gasteiger partial charge in [0.05, 0.1) is 22.6 Å². The molecule has 0 spiro atoms. The first-order valence-corrected chi connectivity index (χ1v) is 9.24. The summed E-state index contributed by atoms with van der Waals surface area (Å²) in [5, 5.41) is 14.8. The fourth-order valence-corrected chi connectivity index (χ4v) is 3.95. The van der Waals surface area contributed by atoms with Gasteiger partial charge >= 0.3 is 5.97 Å². The standard InChI is InChI=1S/C20H18ClN3O4/c1-10-7-14(17-11(2)23-28-18(17)22-10)19(25)24-8-15(16(9-24)20(26)27)12-3-5-13(21)6-4-12/h3-7,15-16H,8-9H2,1-2H3,(H,26,27)/t15-,16+/m0/s1. The quantitative estimate of drug-likeness (QED) is 0.724. The Morgan fingerprint density at radius 2 is 1.93 bits per heavy atom. The SMILES string of the molecule is Cc1cc(C(=O)N2C[C@@H](C(=O)O)[C@H](c3ccc(Cl)cc3)C2)c2c(C)noc2n1. The average Bonchev–Trinajstić information content (AvgIpc) is 3.26. The third-order valence-corrected chi connectivity index (χ3v) is 5.45. The largest absolute Gasteiger partial charge is 0.481 e. The van der Waals surface area contributed by atoms with Gasteiger partial charge in [-0.05, 0) is 37.6 Å². The van der Waals surface area contributed by atoms with Crippen LogP contribution in [-0.4, -0.2) is 45.1 Å². The molecule has 3 heterocycles. The van der Waals surface area contributed by atoms with Crippen molar-refractivity contribution in [1.82, 2.24) is 15.0 Å². The van der Waals surface area contributed by atoms with Crippen LogP contribution in [0.4, 0.5) is 0 Å². The second-order valence-electron chi connectivity index (χ2n) is 7.07. The molecule has 1 amide bonds. The maximum absolute atomic E-state index is 13.3. The second kappa shape index (κ2) is 6.91. The van der Waals surface area contributed by atoms with Gasteiger partial charge < -0.3 is 14.5 Å². The van der Waals surface area contributed by atoms with E-state index in [4.69, 9.17) is 16.1 Å². The lowest BCUT2D eigenvalue weighted by Gasteiger charge is -2.17. The Balaban J connectivity index is 1.70. The van der Waals surface area contributed by atoms with E-state index in [1.165, 1.54) is 0 Å². The number of nitrogens with zero attached hydrogens (tertiary/aromatic N) is 3. The zero-order valence-corrected chi connectivity index (χ0v) is 16.1. The van der Waals surface area contributed by atoms with E-state index >= 15 is 0 Å². The van der Waals surface area contributed by atoms with Crippen LogP contribution >= 0.6 is 11.6 Å². The molecule has 1 fully saturated rings. The van der Waals surface area contributed by atoms with Gasteiger partial charge in [0, 0.05) is 29.7 Å². The van der Waals surface area contributed by atoms with Crippen LogP contribution in [0, 0.1) is 19.8 Å². The summed E-state index contributed by atoms with van der Waals surface area (Å²) in [6.07, 6.45) is 0. The number of aromatic nitrogens is 2. The molecule has 8 heteroatoms. The van der Waals surface area contributed by atoms with Gasteiger partial charge in [-0.25, -0.2) is 4.98 Å². The minimum atomic E-state index is -0.924. The molecule has 2 aromatic heterocycles. The molecular formula is C20H18ClN3O4. The summed E-state index contributed by atoms with van der Waals surface area (Å²) in [5.74, 6) is -2.16. The van der Waals surface area contributed by atoms with E-state index in [1.807, 2.05) is 12.1 Å². The Hall–Kier alpha value is -2.93. The maximum atomic E-state index is 13.3. The van der Waals surface area contributed by atoms with Crippen molar-refractivity contribution in [3.63, 3.8) is 0 Å². The lowest BCUT2D eigenvalue weighted by molar-refractivity contribution is -0.141. The molecule has 0 bridgehead atoms. The van der Waals surface area contributed by atoms with Crippen LogP contribution in [0.25, 0.3) is 11.1 Å². The number of hydrogen-bond acceptors (Lipinski definition) is 5. The molecule has 0 saturated carbocycles. The number of fused-ring (bicyclic) bond motifs is 1. The molecule has 2 atom stereocenters. The molecule has 28 heavy (non-hydrogen) atoms. The number of carbonyl (C=O) groups excluding carboxylic acids is 1. The first-order chi connectivity index (χ1) is 13.3. The Morgan fingerprint density at radius 3 is 2.61 bits per heavy atom. The van der Waals surface area contributed by atoms with Gasteiger partial charge in [0.1, 0.15) is 0 Å². The zero-order chi connectivity index (χ0) is 20.0.